The molecule has 1 aromatic heterocycles. The van der Waals surface area contributed by atoms with E-state index >= 15 is 0 Å². The molecule has 0 amide bonds. The molecule has 2 aromatic rings. The van der Waals surface area contributed by atoms with Crippen LogP contribution < -0.4 is 5.32 Å². The van der Waals surface area contributed by atoms with Crippen LogP contribution in [0.4, 0.5) is 0 Å². The molecule has 0 saturated carbocycles. The molecule has 21 heavy (non-hydrogen) atoms. The van der Waals surface area contributed by atoms with Gasteiger partial charge in [0.2, 0.25) is 5.89 Å². The van der Waals surface area contributed by atoms with Crippen molar-refractivity contribution in [2.45, 2.75) is 30.0 Å². The first-order valence-corrected chi connectivity index (χ1v) is 7.87. The zero-order valence-electron chi connectivity index (χ0n) is 12.6. The van der Waals surface area contributed by atoms with Gasteiger partial charge in [0, 0.05) is 24.5 Å². The average Bonchev–Trinajstić information content (AvgIpc) is 2.92. The second kappa shape index (κ2) is 8.17. The summed E-state index contributed by atoms with van der Waals surface area (Å²) < 4.78 is 10.4. The molecule has 1 aromatic carbocycles. The van der Waals surface area contributed by atoms with Gasteiger partial charge in [-0.15, -0.1) is 11.8 Å². The highest BCUT2D eigenvalue weighted by Gasteiger charge is 2.13. The van der Waals surface area contributed by atoms with Crippen LogP contribution >= 0.6 is 11.8 Å². The van der Waals surface area contributed by atoms with Gasteiger partial charge in [0.05, 0.1) is 12.4 Å². The Morgan fingerprint density at radius 1 is 1.43 bits per heavy atom. The number of hydrogen-bond acceptors (Lipinski definition) is 6. The number of aromatic nitrogens is 2. The van der Waals surface area contributed by atoms with Crippen LogP contribution in [0.15, 0.2) is 33.7 Å². The minimum absolute atomic E-state index is 0.188. The first-order valence-electron chi connectivity index (χ1n) is 6.88. The summed E-state index contributed by atoms with van der Waals surface area (Å²) in [5.41, 5.74) is 1.25. The van der Waals surface area contributed by atoms with E-state index in [4.69, 9.17) is 9.26 Å². The fourth-order valence-electron chi connectivity index (χ4n) is 1.94. The Balaban J connectivity index is 1.88. The van der Waals surface area contributed by atoms with Gasteiger partial charge in [-0.3, -0.25) is 0 Å². The minimum Gasteiger partial charge on any atom is -0.383 e. The van der Waals surface area contributed by atoms with E-state index in [0.717, 1.165) is 5.82 Å². The van der Waals surface area contributed by atoms with E-state index in [1.165, 1.54) is 10.5 Å². The molecule has 2 rings (SSSR count). The normalized spacial score (nSPS) is 12.5. The summed E-state index contributed by atoms with van der Waals surface area (Å²) in [4.78, 5) is 5.64. The largest absolute Gasteiger partial charge is 0.383 e. The van der Waals surface area contributed by atoms with E-state index in [-0.39, 0.29) is 6.04 Å². The van der Waals surface area contributed by atoms with Crippen molar-refractivity contribution in [1.82, 2.24) is 15.5 Å². The predicted octanol–water partition coefficient (Wildman–Crippen LogP) is 2.45. The van der Waals surface area contributed by atoms with Gasteiger partial charge in [0.15, 0.2) is 5.82 Å². The number of ether oxygens (including phenoxy) is 1. The number of likely N-dealkylation sites (N-methyl/N-ethyl adjacent to an activating group) is 1. The fourth-order valence-corrected chi connectivity index (χ4v) is 2.80. The van der Waals surface area contributed by atoms with Gasteiger partial charge in [-0.2, -0.15) is 4.98 Å². The molecule has 0 spiro atoms. The van der Waals surface area contributed by atoms with Gasteiger partial charge in [0.1, 0.15) is 0 Å². The molecule has 0 aliphatic heterocycles. The summed E-state index contributed by atoms with van der Waals surface area (Å²) >= 11 is 1.71. The van der Waals surface area contributed by atoms with Crippen LogP contribution in [0.25, 0.3) is 0 Å². The van der Waals surface area contributed by atoms with Crippen LogP contribution in [0.5, 0.6) is 0 Å². The van der Waals surface area contributed by atoms with E-state index in [9.17, 15) is 0 Å². The molecule has 114 valence electrons. The second-order valence-corrected chi connectivity index (χ2v) is 5.90. The molecule has 1 unspecified atom stereocenters. The molecular weight excluding hydrogens is 286 g/mol. The van der Waals surface area contributed by atoms with Gasteiger partial charge in [-0.1, -0.05) is 22.9 Å². The van der Waals surface area contributed by atoms with Crippen molar-refractivity contribution in [3.05, 3.63) is 41.5 Å². The third-order valence-electron chi connectivity index (χ3n) is 3.06. The number of hydrogen-bond donors (Lipinski definition) is 1. The van der Waals surface area contributed by atoms with Crippen LogP contribution in [0.1, 0.15) is 17.3 Å². The molecule has 1 atom stereocenters. The third-order valence-corrected chi connectivity index (χ3v) is 4.05. The van der Waals surface area contributed by atoms with E-state index in [2.05, 4.69) is 46.6 Å². The van der Waals surface area contributed by atoms with E-state index in [0.29, 0.717) is 24.7 Å². The number of thioether (sulfide) groups is 1. The molecule has 5 nitrogen and oxygen atoms in total. The zero-order chi connectivity index (χ0) is 15.1. The molecular formula is C15H21N3O2S. The van der Waals surface area contributed by atoms with Gasteiger partial charge >= 0.3 is 0 Å². The Bertz CT molecular complexity index is 559. The maximum atomic E-state index is 5.29. The van der Waals surface area contributed by atoms with Gasteiger partial charge in [-0.25, -0.2) is 0 Å². The summed E-state index contributed by atoms with van der Waals surface area (Å²) in [6.07, 6.45) is 0.673. The lowest BCUT2D eigenvalue weighted by atomic mass is 10.2. The van der Waals surface area contributed by atoms with Crippen molar-refractivity contribution in [3.63, 3.8) is 0 Å². The highest BCUT2D eigenvalue weighted by Crippen LogP contribution is 2.22. The van der Waals surface area contributed by atoms with Gasteiger partial charge in [0.25, 0.3) is 0 Å². The molecule has 0 aliphatic rings. The zero-order valence-corrected chi connectivity index (χ0v) is 13.4. The SMILES string of the molecule is CNC(COC)Cc1nc(CSc2cccc(C)c2)no1. The quantitative estimate of drug-likeness (QED) is 0.756. The number of nitrogens with one attached hydrogen (secondary N) is 1. The van der Waals surface area contributed by atoms with Crippen LogP contribution in [-0.2, 0) is 16.9 Å². The molecule has 6 heteroatoms. The third kappa shape index (κ3) is 5.15. The number of benzene rings is 1. The molecule has 0 saturated heterocycles. The molecule has 0 fully saturated rings. The molecule has 1 N–H and O–H groups in total. The average molecular weight is 307 g/mol. The summed E-state index contributed by atoms with van der Waals surface area (Å²) in [5, 5.41) is 7.19. The van der Waals surface area contributed by atoms with E-state index in [1.54, 1.807) is 18.9 Å². The lowest BCUT2D eigenvalue weighted by Gasteiger charge is -2.11. The summed E-state index contributed by atoms with van der Waals surface area (Å²) in [7, 11) is 3.58. The maximum Gasteiger partial charge on any atom is 0.228 e. The first kappa shape index (κ1) is 16.0. The van der Waals surface area contributed by atoms with Crippen molar-refractivity contribution >= 4 is 11.8 Å². The predicted molar refractivity (Wildman–Crippen MR) is 83.5 cm³/mol. The lowest BCUT2D eigenvalue weighted by Crippen LogP contribution is -2.32. The summed E-state index contributed by atoms with van der Waals surface area (Å²) in [6.45, 7) is 2.70. The fraction of sp³-hybridized carbons (Fsp3) is 0.467. The molecule has 1 heterocycles. The highest BCUT2D eigenvalue weighted by molar-refractivity contribution is 7.98. The van der Waals surface area contributed by atoms with Gasteiger partial charge in [-0.05, 0) is 26.1 Å². The summed E-state index contributed by atoms with van der Waals surface area (Å²) in [5.74, 6) is 2.08. The van der Waals surface area contributed by atoms with E-state index in [1.807, 2.05) is 7.05 Å². The molecule has 0 bridgehead atoms. The lowest BCUT2D eigenvalue weighted by molar-refractivity contribution is 0.165. The first-order chi connectivity index (χ1) is 10.2. The Labute approximate surface area is 129 Å². The van der Waals surface area contributed by atoms with Crippen molar-refractivity contribution in [3.8, 4) is 0 Å². The molecule has 0 radical (unpaired) electrons. The van der Waals surface area contributed by atoms with E-state index < -0.39 is 0 Å². The maximum absolute atomic E-state index is 5.29. The Kier molecular flexibility index (Phi) is 6.22. The smallest absolute Gasteiger partial charge is 0.228 e. The monoisotopic (exact) mass is 307 g/mol. The number of aryl methyl sites for hydroxylation is 1. The number of nitrogens with zero attached hydrogens (tertiary/aromatic N) is 2. The van der Waals surface area contributed by atoms with Crippen molar-refractivity contribution in [2.24, 2.45) is 0 Å². The Morgan fingerprint density at radius 3 is 3.00 bits per heavy atom. The van der Waals surface area contributed by atoms with Crippen molar-refractivity contribution < 1.29 is 9.26 Å². The molecule has 0 aliphatic carbocycles. The van der Waals surface area contributed by atoms with Crippen LogP contribution in [0.2, 0.25) is 0 Å². The van der Waals surface area contributed by atoms with Crippen molar-refractivity contribution in [1.29, 1.82) is 0 Å². The minimum atomic E-state index is 0.188. The van der Waals surface area contributed by atoms with Crippen LogP contribution in [-0.4, -0.2) is 36.9 Å². The Morgan fingerprint density at radius 2 is 2.29 bits per heavy atom. The number of rotatable bonds is 8. The van der Waals surface area contributed by atoms with Crippen LogP contribution in [0, 0.1) is 6.92 Å². The Hall–Kier alpha value is -1.37. The number of methoxy groups -OCH3 is 1. The highest BCUT2D eigenvalue weighted by atomic mass is 32.2. The standard InChI is InChI=1S/C15H21N3O2S/c1-11-5-4-6-13(7-11)21-10-14-17-15(20-18-14)8-12(16-2)9-19-3/h4-7,12,16H,8-10H2,1-3H3. The summed E-state index contributed by atoms with van der Waals surface area (Å²) in [6, 6.07) is 8.58. The van der Waals surface area contributed by atoms with Crippen molar-refractivity contribution in [2.75, 3.05) is 20.8 Å². The second-order valence-electron chi connectivity index (χ2n) is 4.85. The topological polar surface area (TPSA) is 60.2 Å². The van der Waals surface area contributed by atoms with Gasteiger partial charge < -0.3 is 14.6 Å². The van der Waals surface area contributed by atoms with Crippen LogP contribution in [0.3, 0.4) is 0 Å².